The van der Waals surface area contributed by atoms with Crippen LogP contribution in [-0.2, 0) is 19.1 Å². The molecule has 0 aromatic heterocycles. The van der Waals surface area contributed by atoms with Crippen LogP contribution >= 0.6 is 0 Å². The average molecular weight is 1000 g/mol. The summed E-state index contributed by atoms with van der Waals surface area (Å²) in [6.07, 6.45) is 80.6. The van der Waals surface area contributed by atoms with Crippen LogP contribution in [0.15, 0.2) is 24.3 Å². The monoisotopic (exact) mass is 999 g/mol. The van der Waals surface area contributed by atoms with E-state index in [4.69, 9.17) is 9.47 Å². The van der Waals surface area contributed by atoms with Crippen molar-refractivity contribution in [3.05, 3.63) is 24.3 Å². The minimum Gasteiger partial charge on any atom is -0.462 e. The zero-order chi connectivity index (χ0) is 51.3. The summed E-state index contributed by atoms with van der Waals surface area (Å²) in [5.41, 5.74) is 0. The summed E-state index contributed by atoms with van der Waals surface area (Å²) in [6, 6.07) is 0. The zero-order valence-corrected chi connectivity index (χ0v) is 48.3. The van der Waals surface area contributed by atoms with Crippen LogP contribution in [0, 0.1) is 0 Å². The Morgan fingerprint density at radius 3 is 0.831 bits per heavy atom. The molecule has 0 aliphatic heterocycles. The Morgan fingerprint density at radius 2 is 0.563 bits per heavy atom. The van der Waals surface area contributed by atoms with Crippen molar-refractivity contribution in [3.8, 4) is 0 Å². The number of aliphatic hydroxyl groups is 1. The van der Waals surface area contributed by atoms with Gasteiger partial charge in [0.1, 0.15) is 6.61 Å². The molecule has 0 aromatic rings. The molecule has 0 aliphatic carbocycles. The summed E-state index contributed by atoms with van der Waals surface area (Å²) >= 11 is 0. The van der Waals surface area contributed by atoms with Gasteiger partial charge in [-0.3, -0.25) is 9.59 Å². The number of rotatable bonds is 61. The highest BCUT2D eigenvalue weighted by Gasteiger charge is 2.16. The minimum absolute atomic E-state index is 0.0605. The van der Waals surface area contributed by atoms with Crippen LogP contribution in [0.1, 0.15) is 367 Å². The molecule has 1 unspecified atom stereocenters. The molecule has 5 heteroatoms. The molecular formula is C66H126O5. The predicted octanol–water partition coefficient (Wildman–Crippen LogP) is 22.0. The lowest BCUT2D eigenvalue weighted by Crippen LogP contribution is -2.28. The van der Waals surface area contributed by atoms with E-state index in [0.29, 0.717) is 12.8 Å². The van der Waals surface area contributed by atoms with Gasteiger partial charge < -0.3 is 14.6 Å². The number of esters is 2. The number of carbonyl (C=O) groups is 2. The van der Waals surface area contributed by atoms with E-state index >= 15 is 0 Å². The number of carbonyl (C=O) groups excluding carboxylic acids is 2. The fraction of sp³-hybridized carbons (Fsp3) is 0.909. The van der Waals surface area contributed by atoms with Crippen LogP contribution in [0.3, 0.4) is 0 Å². The third-order valence-corrected chi connectivity index (χ3v) is 15.0. The van der Waals surface area contributed by atoms with Crippen molar-refractivity contribution in [1.29, 1.82) is 0 Å². The van der Waals surface area contributed by atoms with Crippen molar-refractivity contribution < 1.29 is 24.2 Å². The summed E-state index contributed by atoms with van der Waals surface area (Å²) in [7, 11) is 0. The van der Waals surface area contributed by atoms with E-state index in [0.717, 1.165) is 38.5 Å². The van der Waals surface area contributed by atoms with Crippen molar-refractivity contribution in [2.24, 2.45) is 0 Å². The van der Waals surface area contributed by atoms with Crippen LogP contribution in [0.25, 0.3) is 0 Å². The van der Waals surface area contributed by atoms with Gasteiger partial charge in [-0.2, -0.15) is 0 Å². The lowest BCUT2D eigenvalue weighted by Gasteiger charge is -2.15. The molecule has 1 atom stereocenters. The molecule has 0 fully saturated rings. The Kier molecular flexibility index (Phi) is 61.2. The van der Waals surface area contributed by atoms with Gasteiger partial charge in [0.05, 0.1) is 6.61 Å². The molecule has 0 saturated carbocycles. The Morgan fingerprint density at radius 1 is 0.324 bits per heavy atom. The fourth-order valence-corrected chi connectivity index (χ4v) is 10.1. The fourth-order valence-electron chi connectivity index (χ4n) is 10.1. The van der Waals surface area contributed by atoms with Crippen LogP contribution in [0.2, 0.25) is 0 Å². The molecule has 0 heterocycles. The van der Waals surface area contributed by atoms with Gasteiger partial charge in [0, 0.05) is 12.8 Å². The quantitative estimate of drug-likeness (QED) is 0.0373. The summed E-state index contributed by atoms with van der Waals surface area (Å²) in [4.78, 5) is 24.6. The Bertz CT molecular complexity index is 1080. The van der Waals surface area contributed by atoms with Crippen LogP contribution in [0.4, 0.5) is 0 Å². The first kappa shape index (κ1) is 69.4. The molecule has 420 valence electrons. The molecule has 71 heavy (non-hydrogen) atoms. The van der Waals surface area contributed by atoms with Crippen LogP contribution in [-0.4, -0.2) is 36.4 Å². The number of unbranched alkanes of at least 4 members (excludes halogenated alkanes) is 49. The third-order valence-electron chi connectivity index (χ3n) is 15.0. The third kappa shape index (κ3) is 60.8. The maximum Gasteiger partial charge on any atom is 0.306 e. The summed E-state index contributed by atoms with van der Waals surface area (Å²) < 4.78 is 10.7. The molecular weight excluding hydrogens is 873 g/mol. The van der Waals surface area contributed by atoms with E-state index in [-0.39, 0.29) is 25.2 Å². The number of aliphatic hydroxyl groups excluding tert-OH is 1. The first-order chi connectivity index (χ1) is 35.1. The van der Waals surface area contributed by atoms with Gasteiger partial charge in [0.15, 0.2) is 6.10 Å². The van der Waals surface area contributed by atoms with E-state index in [1.54, 1.807) is 0 Å². The van der Waals surface area contributed by atoms with E-state index in [2.05, 4.69) is 38.2 Å². The van der Waals surface area contributed by atoms with Crippen LogP contribution in [0.5, 0.6) is 0 Å². The molecule has 0 amide bonds. The first-order valence-electron chi connectivity index (χ1n) is 32.4. The Hall–Kier alpha value is -1.62. The van der Waals surface area contributed by atoms with E-state index in [9.17, 15) is 14.7 Å². The van der Waals surface area contributed by atoms with E-state index in [1.807, 2.05) is 0 Å². The molecule has 0 spiro atoms. The van der Waals surface area contributed by atoms with Gasteiger partial charge >= 0.3 is 11.9 Å². The van der Waals surface area contributed by atoms with Crippen molar-refractivity contribution in [2.45, 2.75) is 373 Å². The predicted molar refractivity (Wildman–Crippen MR) is 311 cm³/mol. The second-order valence-electron chi connectivity index (χ2n) is 22.2. The van der Waals surface area contributed by atoms with E-state index in [1.165, 1.54) is 302 Å². The molecule has 0 aromatic carbocycles. The second-order valence-corrected chi connectivity index (χ2v) is 22.2. The maximum absolute atomic E-state index is 12.3. The van der Waals surface area contributed by atoms with Crippen molar-refractivity contribution >= 4 is 11.9 Å². The second kappa shape index (κ2) is 62.7. The molecule has 0 rings (SSSR count). The number of ether oxygens (including phenoxy) is 2. The summed E-state index contributed by atoms with van der Waals surface area (Å²) in [5.74, 6) is -0.571. The normalized spacial score (nSPS) is 12.2. The Balaban J connectivity index is 3.38. The van der Waals surface area contributed by atoms with Gasteiger partial charge in [-0.25, -0.2) is 0 Å². The van der Waals surface area contributed by atoms with Gasteiger partial charge in [0.2, 0.25) is 0 Å². The van der Waals surface area contributed by atoms with Crippen molar-refractivity contribution in [3.63, 3.8) is 0 Å². The Labute approximate surface area is 444 Å². The van der Waals surface area contributed by atoms with E-state index < -0.39 is 6.10 Å². The van der Waals surface area contributed by atoms with Crippen molar-refractivity contribution in [2.75, 3.05) is 13.2 Å². The zero-order valence-electron chi connectivity index (χ0n) is 48.3. The minimum atomic E-state index is -0.770. The smallest absolute Gasteiger partial charge is 0.306 e. The number of hydrogen-bond donors (Lipinski definition) is 1. The molecule has 0 saturated heterocycles. The molecule has 0 aliphatic rings. The average Bonchev–Trinajstić information content (AvgIpc) is 3.37. The number of hydrogen-bond acceptors (Lipinski definition) is 5. The highest BCUT2D eigenvalue weighted by molar-refractivity contribution is 5.70. The topological polar surface area (TPSA) is 72.8 Å². The maximum atomic E-state index is 12.3. The highest BCUT2D eigenvalue weighted by atomic mass is 16.6. The number of allylic oxidation sites excluding steroid dienone is 4. The molecule has 1 N–H and O–H groups in total. The first-order valence-corrected chi connectivity index (χ1v) is 32.4. The lowest BCUT2D eigenvalue weighted by molar-refractivity contribution is -0.161. The standard InChI is InChI=1S/C66H126O5/c1-3-5-7-9-11-13-15-17-19-21-23-25-27-28-29-30-31-32-33-34-35-36-37-39-40-42-44-46-48-50-52-54-56-58-60-65(68)70-63-64(62-67)71-66(69)61-59-57-55-53-51-49-47-45-43-41-38-26-24-22-20-18-16-14-12-10-8-6-4-2/h16,18,22,24,64,67H,3-15,17,19-21,23,25-63H2,1-2H3/b18-16-,24-22-. The molecule has 5 nitrogen and oxygen atoms in total. The summed E-state index contributed by atoms with van der Waals surface area (Å²) in [5, 5.41) is 9.67. The van der Waals surface area contributed by atoms with Gasteiger partial charge in [-0.1, -0.05) is 334 Å². The van der Waals surface area contributed by atoms with Crippen molar-refractivity contribution in [1.82, 2.24) is 0 Å². The van der Waals surface area contributed by atoms with Gasteiger partial charge in [-0.05, 0) is 44.9 Å². The highest BCUT2D eigenvalue weighted by Crippen LogP contribution is 2.19. The molecule has 0 radical (unpaired) electrons. The SMILES string of the molecule is CCCCCCC/C=C\C/C=C\CCCCCCCCCCCCCC(=O)OC(CO)COC(=O)CCCCCCCCCCCCCCCCCCCCCCCCCCCCCCCCCCCC. The molecule has 0 bridgehead atoms. The van der Waals surface area contributed by atoms with Gasteiger partial charge in [0.25, 0.3) is 0 Å². The lowest BCUT2D eigenvalue weighted by atomic mass is 10.0. The van der Waals surface area contributed by atoms with Crippen LogP contribution < -0.4 is 0 Å². The van der Waals surface area contributed by atoms with Gasteiger partial charge in [-0.15, -0.1) is 0 Å². The summed E-state index contributed by atoms with van der Waals surface area (Å²) in [6.45, 7) is 4.19. The largest absolute Gasteiger partial charge is 0.462 e.